The number of carbonyl (C=O) groups excluding carboxylic acids is 1. The van der Waals surface area contributed by atoms with Gasteiger partial charge in [-0.1, -0.05) is 17.7 Å². The number of nitrogens with zero attached hydrogens (tertiary/aromatic N) is 1. The molecule has 0 radical (unpaired) electrons. The van der Waals surface area contributed by atoms with Gasteiger partial charge in [0, 0.05) is 16.3 Å². The summed E-state index contributed by atoms with van der Waals surface area (Å²) in [6.45, 7) is 1.91. The van der Waals surface area contributed by atoms with E-state index in [2.05, 4.69) is 10.3 Å². The van der Waals surface area contributed by atoms with Gasteiger partial charge in [-0.05, 0) is 30.7 Å². The average molecular weight is 318 g/mol. The summed E-state index contributed by atoms with van der Waals surface area (Å²) >= 11 is 7.47. The van der Waals surface area contributed by atoms with E-state index in [9.17, 15) is 4.79 Å². The summed E-state index contributed by atoms with van der Waals surface area (Å²) in [7, 11) is 0. The molecule has 4 nitrogen and oxygen atoms in total. The zero-order valence-electron chi connectivity index (χ0n) is 11.2. The number of aromatic nitrogens is 1. The highest BCUT2D eigenvalue weighted by molar-refractivity contribution is 7.21. The molecule has 2 heterocycles. The number of thiophene rings is 1. The molecule has 0 unspecified atom stereocenters. The molecule has 6 heteroatoms. The third-order valence-electron chi connectivity index (χ3n) is 3.04. The number of anilines is 2. The monoisotopic (exact) mass is 317 g/mol. The molecule has 0 aliphatic heterocycles. The van der Waals surface area contributed by atoms with E-state index in [4.69, 9.17) is 17.3 Å². The van der Waals surface area contributed by atoms with Crippen molar-refractivity contribution in [2.75, 3.05) is 11.1 Å². The van der Waals surface area contributed by atoms with Crippen LogP contribution in [0.5, 0.6) is 0 Å². The maximum atomic E-state index is 12.4. The van der Waals surface area contributed by atoms with Crippen molar-refractivity contribution in [3.05, 3.63) is 52.1 Å². The Labute approximate surface area is 130 Å². The summed E-state index contributed by atoms with van der Waals surface area (Å²) in [5.74, 6) is -0.253. The van der Waals surface area contributed by atoms with Crippen LogP contribution in [0.15, 0.2) is 36.7 Å². The molecule has 0 aliphatic carbocycles. The molecule has 2 aromatic heterocycles. The Bertz CT molecular complexity index is 844. The summed E-state index contributed by atoms with van der Waals surface area (Å²) in [6, 6.07) is 7.35. The Morgan fingerprint density at radius 3 is 2.90 bits per heavy atom. The highest BCUT2D eigenvalue weighted by atomic mass is 35.5. The fourth-order valence-corrected chi connectivity index (χ4v) is 3.49. The summed E-state index contributed by atoms with van der Waals surface area (Å²) in [6.07, 6.45) is 3.32. The molecule has 3 N–H and O–H groups in total. The minimum absolute atomic E-state index is 0.253. The highest BCUT2D eigenvalue weighted by Gasteiger charge is 2.18. The van der Waals surface area contributed by atoms with E-state index >= 15 is 0 Å². The summed E-state index contributed by atoms with van der Waals surface area (Å²) in [5.41, 5.74) is 8.10. The lowest BCUT2D eigenvalue weighted by Crippen LogP contribution is -2.12. The van der Waals surface area contributed by atoms with E-state index in [0.29, 0.717) is 21.3 Å². The summed E-state index contributed by atoms with van der Waals surface area (Å²) in [5, 5.41) is 4.09. The van der Waals surface area contributed by atoms with Crippen LogP contribution in [0.3, 0.4) is 0 Å². The van der Waals surface area contributed by atoms with Gasteiger partial charge < -0.3 is 11.1 Å². The first-order chi connectivity index (χ1) is 10.1. The number of aryl methyl sites for hydroxylation is 1. The van der Waals surface area contributed by atoms with Gasteiger partial charge >= 0.3 is 0 Å². The molecule has 3 rings (SSSR count). The maximum absolute atomic E-state index is 12.4. The normalized spacial score (nSPS) is 10.8. The first-order valence-corrected chi connectivity index (χ1v) is 7.45. The van der Waals surface area contributed by atoms with E-state index in [-0.39, 0.29) is 5.91 Å². The lowest BCUT2D eigenvalue weighted by Gasteiger charge is -2.04. The number of benzene rings is 1. The molecule has 1 aromatic carbocycles. The Balaban J connectivity index is 1.99. The van der Waals surface area contributed by atoms with Crippen LogP contribution in [-0.2, 0) is 0 Å². The molecule has 0 atom stereocenters. The van der Waals surface area contributed by atoms with E-state index in [1.54, 1.807) is 18.5 Å². The predicted molar refractivity (Wildman–Crippen MR) is 88.2 cm³/mol. The van der Waals surface area contributed by atoms with Crippen LogP contribution in [0.1, 0.15) is 15.2 Å². The first-order valence-electron chi connectivity index (χ1n) is 6.26. The van der Waals surface area contributed by atoms with Crippen molar-refractivity contribution < 1.29 is 4.79 Å². The molecule has 106 valence electrons. The number of halogens is 1. The molecule has 0 fully saturated rings. The van der Waals surface area contributed by atoms with Gasteiger partial charge in [-0.2, -0.15) is 0 Å². The van der Waals surface area contributed by atoms with Crippen molar-refractivity contribution in [3.63, 3.8) is 0 Å². The van der Waals surface area contributed by atoms with Crippen molar-refractivity contribution in [2.45, 2.75) is 6.92 Å². The number of nitrogen functional groups attached to an aromatic ring is 1. The quantitative estimate of drug-likeness (QED) is 0.748. The zero-order valence-corrected chi connectivity index (χ0v) is 12.8. The lowest BCUT2D eigenvalue weighted by molar-refractivity contribution is 0.103. The highest BCUT2D eigenvalue weighted by Crippen LogP contribution is 2.38. The van der Waals surface area contributed by atoms with E-state index in [0.717, 1.165) is 15.6 Å². The van der Waals surface area contributed by atoms with Crippen LogP contribution in [0.4, 0.5) is 11.4 Å². The van der Waals surface area contributed by atoms with Crippen LogP contribution in [-0.4, -0.2) is 10.9 Å². The molecule has 0 spiro atoms. The Morgan fingerprint density at radius 2 is 2.19 bits per heavy atom. The summed E-state index contributed by atoms with van der Waals surface area (Å²) in [4.78, 5) is 16.9. The molecule has 0 saturated heterocycles. The second-order valence-corrected chi connectivity index (χ2v) is 6.12. The molecule has 0 saturated carbocycles. The number of nitrogens with one attached hydrogen (secondary N) is 1. The molecular weight excluding hydrogens is 306 g/mol. The van der Waals surface area contributed by atoms with Gasteiger partial charge in [-0.25, -0.2) is 0 Å². The van der Waals surface area contributed by atoms with E-state index in [1.165, 1.54) is 11.3 Å². The van der Waals surface area contributed by atoms with Crippen LogP contribution < -0.4 is 11.1 Å². The van der Waals surface area contributed by atoms with Crippen LogP contribution in [0, 0.1) is 6.92 Å². The maximum Gasteiger partial charge on any atom is 0.267 e. The first kappa shape index (κ1) is 13.9. The standard InChI is InChI=1S/C15H12ClN3OS/c1-8-5-9(7-18-6-8)19-15(20)14-13(17)12-10(16)3-2-4-11(12)21-14/h2-7H,17H2,1H3,(H,19,20). The number of rotatable bonds is 2. The van der Waals surface area contributed by atoms with Gasteiger partial charge in [0.1, 0.15) is 4.88 Å². The SMILES string of the molecule is Cc1cncc(NC(=O)c2sc3cccc(Cl)c3c2N)c1. The van der Waals surface area contributed by atoms with Gasteiger partial charge in [-0.3, -0.25) is 9.78 Å². The Kier molecular flexibility index (Phi) is 3.53. The molecule has 21 heavy (non-hydrogen) atoms. The van der Waals surface area contributed by atoms with Crippen LogP contribution >= 0.6 is 22.9 Å². The number of fused-ring (bicyclic) bond motifs is 1. The smallest absolute Gasteiger partial charge is 0.267 e. The van der Waals surface area contributed by atoms with Crippen molar-refractivity contribution in [2.24, 2.45) is 0 Å². The minimum Gasteiger partial charge on any atom is -0.397 e. The number of amides is 1. The van der Waals surface area contributed by atoms with Crippen LogP contribution in [0.2, 0.25) is 5.02 Å². The number of hydrogen-bond donors (Lipinski definition) is 2. The van der Waals surface area contributed by atoms with Gasteiger partial charge in [0.15, 0.2) is 0 Å². The second kappa shape index (κ2) is 5.35. The Morgan fingerprint density at radius 1 is 1.38 bits per heavy atom. The van der Waals surface area contributed by atoms with Gasteiger partial charge in [0.25, 0.3) is 5.91 Å². The third-order valence-corrected chi connectivity index (χ3v) is 4.52. The second-order valence-electron chi connectivity index (χ2n) is 4.66. The van der Waals surface area contributed by atoms with E-state index in [1.807, 2.05) is 25.1 Å². The van der Waals surface area contributed by atoms with Gasteiger partial charge in [0.05, 0.1) is 22.6 Å². The molecule has 3 aromatic rings. The number of hydrogen-bond acceptors (Lipinski definition) is 4. The Hall–Kier alpha value is -2.11. The van der Waals surface area contributed by atoms with Crippen LogP contribution in [0.25, 0.3) is 10.1 Å². The fourth-order valence-electron chi connectivity index (χ4n) is 2.11. The van der Waals surface area contributed by atoms with Gasteiger partial charge in [-0.15, -0.1) is 11.3 Å². The van der Waals surface area contributed by atoms with Crippen molar-refractivity contribution in [1.82, 2.24) is 4.98 Å². The molecule has 1 amide bonds. The lowest BCUT2D eigenvalue weighted by atomic mass is 10.2. The molecular formula is C15H12ClN3OS. The fraction of sp³-hybridized carbons (Fsp3) is 0.0667. The average Bonchev–Trinajstić information content (AvgIpc) is 2.77. The molecule has 0 aliphatic rings. The van der Waals surface area contributed by atoms with Crippen molar-refractivity contribution in [3.8, 4) is 0 Å². The zero-order chi connectivity index (χ0) is 15.0. The minimum atomic E-state index is -0.253. The molecule has 0 bridgehead atoms. The van der Waals surface area contributed by atoms with Crippen molar-refractivity contribution >= 4 is 50.3 Å². The third kappa shape index (κ3) is 2.57. The van der Waals surface area contributed by atoms with Gasteiger partial charge in [0.2, 0.25) is 0 Å². The van der Waals surface area contributed by atoms with Crippen molar-refractivity contribution in [1.29, 1.82) is 0 Å². The number of carbonyl (C=O) groups is 1. The number of nitrogens with two attached hydrogens (primary N) is 1. The predicted octanol–water partition coefficient (Wildman–Crippen LogP) is 4.09. The topological polar surface area (TPSA) is 68.0 Å². The largest absolute Gasteiger partial charge is 0.397 e. The van der Waals surface area contributed by atoms with E-state index < -0.39 is 0 Å². The summed E-state index contributed by atoms with van der Waals surface area (Å²) < 4.78 is 0.896. The number of pyridine rings is 1.